The minimum absolute atomic E-state index is 0.102. The van der Waals surface area contributed by atoms with E-state index in [1.54, 1.807) is 29.1 Å². The average Bonchev–Trinajstić information content (AvgIpc) is 2.93. The quantitative estimate of drug-likeness (QED) is 0.357. The normalized spacial score (nSPS) is 13.9. The van der Waals surface area contributed by atoms with Gasteiger partial charge in [0.25, 0.3) is 5.56 Å². The minimum atomic E-state index is -0.201. The number of rotatable bonds is 5. The van der Waals surface area contributed by atoms with Gasteiger partial charge in [-0.15, -0.1) is 0 Å². The fourth-order valence-corrected chi connectivity index (χ4v) is 4.51. The number of nitrogens with one attached hydrogen (secondary N) is 1. The van der Waals surface area contributed by atoms with Crippen LogP contribution in [0.5, 0.6) is 0 Å². The Hall–Kier alpha value is -4.78. The number of hydrogen-bond donors (Lipinski definition) is 1. The van der Waals surface area contributed by atoms with Gasteiger partial charge >= 0.3 is 0 Å². The molecule has 0 spiro atoms. The molecule has 7 heteroatoms. The summed E-state index contributed by atoms with van der Waals surface area (Å²) in [6.07, 6.45) is 7.46. The smallest absolute Gasteiger partial charge is 0.252 e. The zero-order valence-corrected chi connectivity index (χ0v) is 19.7. The zero-order chi connectivity index (χ0) is 24.5. The number of aliphatic imine (C=N–C) groups is 1. The summed E-state index contributed by atoms with van der Waals surface area (Å²) in [5.41, 5.74) is 3.44. The molecule has 0 amide bonds. The van der Waals surface area contributed by atoms with E-state index in [2.05, 4.69) is 50.5 Å². The molecule has 2 aromatic heterocycles. The molecule has 1 aliphatic rings. The van der Waals surface area contributed by atoms with Gasteiger partial charge in [0.2, 0.25) is 5.95 Å². The first-order valence-electron chi connectivity index (χ1n) is 11.8. The first-order chi connectivity index (χ1) is 17.7. The zero-order valence-electron chi connectivity index (χ0n) is 19.7. The van der Waals surface area contributed by atoms with Crippen LogP contribution in [0.15, 0.2) is 107 Å². The Morgan fingerprint density at radius 2 is 1.72 bits per heavy atom. The van der Waals surface area contributed by atoms with E-state index in [9.17, 15) is 4.79 Å². The molecule has 0 saturated heterocycles. The Balaban J connectivity index is 1.33. The number of hydrogen-bond acceptors (Lipinski definition) is 6. The Morgan fingerprint density at radius 3 is 2.53 bits per heavy atom. The molecule has 7 nitrogen and oxygen atoms in total. The number of aromatic nitrogens is 3. The van der Waals surface area contributed by atoms with Crippen molar-refractivity contribution >= 4 is 45.3 Å². The summed E-state index contributed by atoms with van der Waals surface area (Å²) < 4.78 is 1.73. The van der Waals surface area contributed by atoms with Crippen LogP contribution in [0.2, 0.25) is 0 Å². The van der Waals surface area contributed by atoms with Crippen molar-refractivity contribution in [3.8, 4) is 0 Å². The molecule has 1 N–H and O–H groups in total. The molecule has 0 bridgehead atoms. The molecule has 0 fully saturated rings. The third kappa shape index (κ3) is 4.11. The van der Waals surface area contributed by atoms with E-state index in [1.807, 2.05) is 55.6 Å². The van der Waals surface area contributed by atoms with Crippen LogP contribution in [0, 0.1) is 0 Å². The molecule has 3 aromatic carbocycles. The van der Waals surface area contributed by atoms with Crippen molar-refractivity contribution in [2.24, 2.45) is 4.99 Å². The second-order valence-corrected chi connectivity index (χ2v) is 8.75. The highest BCUT2D eigenvalue weighted by atomic mass is 16.1. The maximum atomic E-state index is 13.0. The molecule has 0 aliphatic carbocycles. The highest BCUT2D eigenvalue weighted by Crippen LogP contribution is 2.26. The molecule has 5 aromatic rings. The standard InChI is InChI=1S/C29H24N6O/c1-20(22-8-7-21-5-2-3-6-23(21)17-22)35-27(36)14-9-24-18-31-29(33-28(24)35)32-25-10-12-26(13-11-25)34-16-4-15-30-19-34/h2-18,20H,19H2,1H3,(H,31,32,33). The van der Waals surface area contributed by atoms with Crippen molar-refractivity contribution < 1.29 is 0 Å². The van der Waals surface area contributed by atoms with Crippen molar-refractivity contribution in [1.29, 1.82) is 0 Å². The summed E-state index contributed by atoms with van der Waals surface area (Å²) in [4.78, 5) is 28.6. The molecule has 3 heterocycles. The summed E-state index contributed by atoms with van der Waals surface area (Å²) in [7, 11) is 0. The van der Waals surface area contributed by atoms with Crippen LogP contribution in [0.25, 0.3) is 21.8 Å². The Bertz CT molecular complexity index is 1690. The maximum Gasteiger partial charge on any atom is 0.252 e. The maximum absolute atomic E-state index is 13.0. The van der Waals surface area contributed by atoms with Crippen LogP contribution in [-0.2, 0) is 0 Å². The summed E-state index contributed by atoms with van der Waals surface area (Å²) in [6, 6.07) is 25.7. The molecular weight excluding hydrogens is 448 g/mol. The van der Waals surface area contributed by atoms with E-state index in [1.165, 1.54) is 5.39 Å². The number of fused-ring (bicyclic) bond motifs is 2. The van der Waals surface area contributed by atoms with Crippen molar-refractivity contribution in [1.82, 2.24) is 14.5 Å². The van der Waals surface area contributed by atoms with E-state index in [-0.39, 0.29) is 11.6 Å². The molecular formula is C29H24N6O. The van der Waals surface area contributed by atoms with Gasteiger partial charge in [0.15, 0.2) is 0 Å². The van der Waals surface area contributed by atoms with Crippen LogP contribution >= 0.6 is 0 Å². The lowest BCUT2D eigenvalue weighted by Crippen LogP contribution is -2.24. The predicted octanol–water partition coefficient (Wildman–Crippen LogP) is 5.66. The second-order valence-electron chi connectivity index (χ2n) is 8.75. The van der Waals surface area contributed by atoms with Crippen molar-refractivity contribution in [2.75, 3.05) is 16.9 Å². The Labute approximate surface area is 208 Å². The van der Waals surface area contributed by atoms with Gasteiger partial charge in [-0.25, -0.2) is 4.98 Å². The first-order valence-corrected chi connectivity index (χ1v) is 11.8. The van der Waals surface area contributed by atoms with Gasteiger partial charge in [0, 0.05) is 41.4 Å². The van der Waals surface area contributed by atoms with Gasteiger partial charge in [-0.1, -0.05) is 36.4 Å². The second kappa shape index (κ2) is 9.11. The number of pyridine rings is 1. The van der Waals surface area contributed by atoms with Crippen LogP contribution in [0.4, 0.5) is 17.3 Å². The topological polar surface area (TPSA) is 75.4 Å². The monoisotopic (exact) mass is 472 g/mol. The van der Waals surface area contributed by atoms with Crippen LogP contribution in [0.3, 0.4) is 0 Å². The van der Waals surface area contributed by atoms with Gasteiger partial charge in [0.1, 0.15) is 12.3 Å². The van der Waals surface area contributed by atoms with E-state index in [0.717, 1.165) is 27.7 Å². The van der Waals surface area contributed by atoms with Crippen molar-refractivity contribution in [3.05, 3.63) is 113 Å². The molecule has 0 saturated carbocycles. The lowest BCUT2D eigenvalue weighted by molar-refractivity contribution is 0.633. The minimum Gasteiger partial charge on any atom is -0.328 e. The van der Waals surface area contributed by atoms with Crippen LogP contribution in [0.1, 0.15) is 18.5 Å². The largest absolute Gasteiger partial charge is 0.328 e. The third-order valence-electron chi connectivity index (χ3n) is 6.46. The summed E-state index contributed by atoms with van der Waals surface area (Å²) in [5.74, 6) is 0.433. The van der Waals surface area contributed by atoms with E-state index < -0.39 is 0 Å². The van der Waals surface area contributed by atoms with Gasteiger partial charge in [-0.2, -0.15) is 4.98 Å². The molecule has 1 aliphatic heterocycles. The molecule has 36 heavy (non-hydrogen) atoms. The first kappa shape index (κ1) is 21.7. The fourth-order valence-electron chi connectivity index (χ4n) is 4.51. The van der Waals surface area contributed by atoms with E-state index in [4.69, 9.17) is 4.98 Å². The number of nitrogens with zero attached hydrogens (tertiary/aromatic N) is 5. The fraction of sp³-hybridized carbons (Fsp3) is 0.103. The molecule has 176 valence electrons. The Morgan fingerprint density at radius 1 is 0.917 bits per heavy atom. The molecule has 6 rings (SSSR count). The SMILES string of the molecule is CC(c1ccc2ccccc2c1)n1c(=O)ccc2cnc(Nc3ccc(N4C=CC=NC4)cc3)nc21. The van der Waals surface area contributed by atoms with Gasteiger partial charge < -0.3 is 10.2 Å². The summed E-state index contributed by atoms with van der Waals surface area (Å²) in [5, 5.41) is 6.39. The third-order valence-corrected chi connectivity index (χ3v) is 6.46. The van der Waals surface area contributed by atoms with E-state index in [0.29, 0.717) is 18.3 Å². The summed E-state index contributed by atoms with van der Waals surface area (Å²) >= 11 is 0. The van der Waals surface area contributed by atoms with Crippen molar-refractivity contribution in [2.45, 2.75) is 13.0 Å². The van der Waals surface area contributed by atoms with Crippen molar-refractivity contribution in [3.63, 3.8) is 0 Å². The van der Waals surface area contributed by atoms with Crippen LogP contribution < -0.4 is 15.8 Å². The average molecular weight is 473 g/mol. The number of allylic oxidation sites excluding steroid dienone is 1. The summed E-state index contributed by atoms with van der Waals surface area (Å²) in [6.45, 7) is 2.63. The number of anilines is 3. The van der Waals surface area contributed by atoms with Gasteiger partial charge in [-0.05, 0) is 65.7 Å². The molecule has 1 atom stereocenters. The highest BCUT2D eigenvalue weighted by molar-refractivity contribution is 5.83. The van der Waals surface area contributed by atoms with Gasteiger partial charge in [-0.3, -0.25) is 14.4 Å². The van der Waals surface area contributed by atoms with Crippen LogP contribution in [-0.4, -0.2) is 27.4 Å². The Kier molecular flexibility index (Phi) is 5.50. The predicted molar refractivity (Wildman–Crippen MR) is 146 cm³/mol. The van der Waals surface area contributed by atoms with Gasteiger partial charge in [0.05, 0.1) is 6.04 Å². The molecule has 1 unspecified atom stereocenters. The lowest BCUT2D eigenvalue weighted by Gasteiger charge is -2.20. The van der Waals surface area contributed by atoms with E-state index >= 15 is 0 Å². The number of benzene rings is 3. The lowest BCUT2D eigenvalue weighted by atomic mass is 10.0. The highest BCUT2D eigenvalue weighted by Gasteiger charge is 2.15. The molecule has 0 radical (unpaired) electrons.